The first kappa shape index (κ1) is 14.5. The highest BCUT2D eigenvalue weighted by molar-refractivity contribution is 6.32. The maximum atomic E-state index is 12.5. The van der Waals surface area contributed by atoms with Gasteiger partial charge in [0.25, 0.3) is 11.8 Å². The number of hydrogen-bond acceptors (Lipinski definition) is 4. The Morgan fingerprint density at radius 3 is 2.35 bits per heavy atom. The van der Waals surface area contributed by atoms with Gasteiger partial charge >= 0.3 is 0 Å². The summed E-state index contributed by atoms with van der Waals surface area (Å²) in [7, 11) is 0. The zero-order chi connectivity index (χ0) is 18.0. The minimum Gasteiger partial charge on any atom is -0.508 e. The average molecular weight is 344 g/mol. The predicted molar refractivity (Wildman–Crippen MR) is 96.4 cm³/mol. The zero-order valence-electron chi connectivity index (χ0n) is 13.3. The number of imide groups is 1. The number of rotatable bonds is 1. The van der Waals surface area contributed by atoms with Gasteiger partial charge in [0, 0.05) is 32.9 Å². The van der Waals surface area contributed by atoms with Crippen LogP contribution in [0.5, 0.6) is 11.5 Å². The van der Waals surface area contributed by atoms with Crippen LogP contribution in [-0.2, 0) is 0 Å². The summed E-state index contributed by atoms with van der Waals surface area (Å²) in [6, 6.07) is 13.2. The van der Waals surface area contributed by atoms with Crippen LogP contribution in [0.25, 0.3) is 32.9 Å². The summed E-state index contributed by atoms with van der Waals surface area (Å²) in [5, 5.41) is 23.6. The number of para-hydroxylation sites is 1. The normalized spacial score (nSPS) is 13.4. The van der Waals surface area contributed by atoms with E-state index < -0.39 is 11.8 Å². The lowest BCUT2D eigenvalue weighted by molar-refractivity contribution is 0.0880. The van der Waals surface area contributed by atoms with Gasteiger partial charge in [-0.05, 0) is 30.3 Å². The number of phenolic OH excluding ortho intramolecular Hbond substituents is 2. The SMILES string of the molecule is O=C1NC(=O)c2c1c(-c1ccccc1O)cc1[nH]c3ccc(O)cc3c21. The molecule has 1 aliphatic rings. The van der Waals surface area contributed by atoms with Gasteiger partial charge in [0.05, 0.1) is 11.1 Å². The molecule has 126 valence electrons. The molecule has 0 unspecified atom stereocenters. The van der Waals surface area contributed by atoms with Gasteiger partial charge in [0.1, 0.15) is 11.5 Å². The highest BCUT2D eigenvalue weighted by Crippen LogP contribution is 2.41. The fraction of sp³-hybridized carbons (Fsp3) is 0. The number of fused-ring (bicyclic) bond motifs is 5. The Hall–Kier alpha value is -3.80. The van der Waals surface area contributed by atoms with Crippen molar-refractivity contribution < 1.29 is 19.8 Å². The summed E-state index contributed by atoms with van der Waals surface area (Å²) < 4.78 is 0. The molecule has 0 bridgehead atoms. The molecule has 6 nitrogen and oxygen atoms in total. The summed E-state index contributed by atoms with van der Waals surface area (Å²) in [4.78, 5) is 28.2. The lowest BCUT2D eigenvalue weighted by Gasteiger charge is -2.09. The van der Waals surface area contributed by atoms with E-state index in [0.717, 1.165) is 5.52 Å². The number of carbonyl (C=O) groups excluding carboxylic acids is 2. The van der Waals surface area contributed by atoms with Gasteiger partial charge in [-0.1, -0.05) is 18.2 Å². The predicted octanol–water partition coefficient (Wildman–Crippen LogP) is 3.28. The van der Waals surface area contributed by atoms with E-state index in [9.17, 15) is 19.8 Å². The number of aromatic nitrogens is 1. The van der Waals surface area contributed by atoms with Gasteiger partial charge in [-0.2, -0.15) is 0 Å². The largest absolute Gasteiger partial charge is 0.508 e. The first-order valence-corrected chi connectivity index (χ1v) is 8.00. The molecule has 2 heterocycles. The third-order valence-electron chi connectivity index (χ3n) is 4.74. The third kappa shape index (κ3) is 1.81. The van der Waals surface area contributed by atoms with Crippen LogP contribution in [0.3, 0.4) is 0 Å². The molecule has 5 rings (SSSR count). The van der Waals surface area contributed by atoms with E-state index in [1.165, 1.54) is 6.07 Å². The van der Waals surface area contributed by atoms with Gasteiger partial charge in [0.15, 0.2) is 0 Å². The minimum atomic E-state index is -0.500. The smallest absolute Gasteiger partial charge is 0.259 e. The number of carbonyl (C=O) groups is 2. The van der Waals surface area contributed by atoms with Crippen LogP contribution in [-0.4, -0.2) is 27.0 Å². The Morgan fingerprint density at radius 2 is 1.54 bits per heavy atom. The number of benzene rings is 3. The molecule has 3 aromatic carbocycles. The van der Waals surface area contributed by atoms with E-state index in [2.05, 4.69) is 10.3 Å². The Labute approximate surface area is 146 Å². The Morgan fingerprint density at radius 1 is 0.769 bits per heavy atom. The molecule has 0 spiro atoms. The molecular formula is C20H12N2O4. The standard InChI is InChI=1S/C20H12N2O4/c23-9-5-6-13-12(7-9)16-14(21-13)8-11(10-3-1-2-4-15(10)24)17-18(16)20(26)22-19(17)25/h1-8,21,23-24H,(H,22,25,26). The van der Waals surface area contributed by atoms with Crippen molar-refractivity contribution in [1.82, 2.24) is 10.3 Å². The molecule has 26 heavy (non-hydrogen) atoms. The quantitative estimate of drug-likeness (QED) is 0.398. The zero-order valence-corrected chi connectivity index (χ0v) is 13.3. The van der Waals surface area contributed by atoms with Gasteiger partial charge in [-0.3, -0.25) is 14.9 Å². The summed E-state index contributed by atoms with van der Waals surface area (Å²) in [6.07, 6.45) is 0. The molecular weight excluding hydrogens is 332 g/mol. The highest BCUT2D eigenvalue weighted by Gasteiger charge is 2.34. The van der Waals surface area contributed by atoms with Crippen LogP contribution in [0.4, 0.5) is 0 Å². The molecule has 2 amide bonds. The average Bonchev–Trinajstić information content (AvgIpc) is 3.11. The molecule has 0 saturated heterocycles. The van der Waals surface area contributed by atoms with E-state index in [1.54, 1.807) is 42.5 Å². The Bertz CT molecular complexity index is 1270. The van der Waals surface area contributed by atoms with Crippen LogP contribution in [0.15, 0.2) is 48.5 Å². The second-order valence-electron chi connectivity index (χ2n) is 6.25. The number of phenols is 2. The van der Waals surface area contributed by atoms with E-state index in [4.69, 9.17) is 0 Å². The maximum absolute atomic E-state index is 12.5. The van der Waals surface area contributed by atoms with Gasteiger partial charge in [-0.15, -0.1) is 0 Å². The topological polar surface area (TPSA) is 102 Å². The first-order chi connectivity index (χ1) is 12.5. The molecule has 1 aliphatic heterocycles. The van der Waals surface area contributed by atoms with Crippen LogP contribution in [0.1, 0.15) is 20.7 Å². The number of H-pyrrole nitrogens is 1. The van der Waals surface area contributed by atoms with Crippen molar-refractivity contribution in [2.75, 3.05) is 0 Å². The molecule has 0 atom stereocenters. The number of amides is 2. The number of nitrogens with one attached hydrogen (secondary N) is 2. The van der Waals surface area contributed by atoms with Crippen LogP contribution in [0.2, 0.25) is 0 Å². The lowest BCUT2D eigenvalue weighted by Crippen LogP contribution is -2.20. The summed E-state index contributed by atoms with van der Waals surface area (Å²) in [5.74, 6) is -0.896. The summed E-state index contributed by atoms with van der Waals surface area (Å²) in [6.45, 7) is 0. The number of aromatic amines is 1. The fourth-order valence-electron chi connectivity index (χ4n) is 3.66. The second-order valence-corrected chi connectivity index (χ2v) is 6.25. The molecule has 0 radical (unpaired) electrons. The van der Waals surface area contributed by atoms with Crippen molar-refractivity contribution in [2.24, 2.45) is 0 Å². The maximum Gasteiger partial charge on any atom is 0.259 e. The lowest BCUT2D eigenvalue weighted by atomic mass is 9.92. The van der Waals surface area contributed by atoms with E-state index in [-0.39, 0.29) is 22.6 Å². The number of aromatic hydroxyl groups is 2. The molecule has 0 saturated carbocycles. The van der Waals surface area contributed by atoms with Gasteiger partial charge < -0.3 is 15.2 Å². The van der Waals surface area contributed by atoms with Crippen molar-refractivity contribution in [3.05, 3.63) is 59.7 Å². The molecule has 4 N–H and O–H groups in total. The highest BCUT2D eigenvalue weighted by atomic mass is 16.3. The monoisotopic (exact) mass is 344 g/mol. The van der Waals surface area contributed by atoms with Crippen LogP contribution < -0.4 is 5.32 Å². The van der Waals surface area contributed by atoms with Crippen LogP contribution in [0, 0.1) is 0 Å². The van der Waals surface area contributed by atoms with Crippen molar-refractivity contribution in [3.63, 3.8) is 0 Å². The van der Waals surface area contributed by atoms with E-state index in [0.29, 0.717) is 27.4 Å². The van der Waals surface area contributed by atoms with Crippen molar-refractivity contribution in [1.29, 1.82) is 0 Å². The molecule has 1 aromatic heterocycles. The van der Waals surface area contributed by atoms with Gasteiger partial charge in [0.2, 0.25) is 0 Å². The fourth-order valence-corrected chi connectivity index (χ4v) is 3.66. The Balaban J connectivity index is 2.00. The molecule has 0 aliphatic carbocycles. The minimum absolute atomic E-state index is 0.0231. The van der Waals surface area contributed by atoms with E-state index >= 15 is 0 Å². The van der Waals surface area contributed by atoms with Crippen LogP contribution >= 0.6 is 0 Å². The summed E-state index contributed by atoms with van der Waals surface area (Å²) >= 11 is 0. The number of hydrogen-bond donors (Lipinski definition) is 4. The Kier molecular flexibility index (Phi) is 2.72. The molecule has 4 aromatic rings. The van der Waals surface area contributed by atoms with Crippen molar-refractivity contribution in [2.45, 2.75) is 0 Å². The second kappa shape index (κ2) is 4.86. The molecule has 0 fully saturated rings. The first-order valence-electron chi connectivity index (χ1n) is 8.00. The van der Waals surface area contributed by atoms with Gasteiger partial charge in [-0.25, -0.2) is 0 Å². The van der Waals surface area contributed by atoms with Crippen molar-refractivity contribution >= 4 is 33.6 Å². The molecule has 6 heteroatoms. The summed E-state index contributed by atoms with van der Waals surface area (Å²) in [5.41, 5.74) is 2.81. The van der Waals surface area contributed by atoms with E-state index in [1.807, 2.05) is 0 Å². The third-order valence-corrected chi connectivity index (χ3v) is 4.74. The van der Waals surface area contributed by atoms with Crippen molar-refractivity contribution in [3.8, 4) is 22.6 Å².